The summed E-state index contributed by atoms with van der Waals surface area (Å²) in [4.78, 5) is 28.2. The maximum Gasteiger partial charge on any atom is 0.264 e. The van der Waals surface area contributed by atoms with Crippen LogP contribution in [0.5, 0.6) is 0 Å². The zero-order valence-electron chi connectivity index (χ0n) is 21.6. The highest BCUT2D eigenvalue weighted by molar-refractivity contribution is 7.92. The Bertz CT molecular complexity index is 1380. The summed E-state index contributed by atoms with van der Waals surface area (Å²) in [6.07, 6.45) is 1.69. The number of carbonyl (C=O) groups is 2. The van der Waals surface area contributed by atoms with Crippen molar-refractivity contribution in [2.45, 2.75) is 44.2 Å². The molecule has 0 aromatic heterocycles. The van der Waals surface area contributed by atoms with Crippen LogP contribution in [0.1, 0.15) is 32.3 Å². The van der Waals surface area contributed by atoms with Crippen LogP contribution in [0.2, 0.25) is 15.1 Å². The lowest BCUT2D eigenvalue weighted by molar-refractivity contribution is -0.139. The first-order valence-electron chi connectivity index (χ1n) is 12.4. The Morgan fingerprint density at radius 3 is 2.18 bits per heavy atom. The molecule has 208 valence electrons. The maximum atomic E-state index is 13.9. The Balaban J connectivity index is 2.02. The summed E-state index contributed by atoms with van der Waals surface area (Å²) >= 11 is 18.6. The quantitative estimate of drug-likeness (QED) is 0.248. The molecule has 3 aromatic carbocycles. The van der Waals surface area contributed by atoms with Gasteiger partial charge in [0.2, 0.25) is 11.8 Å². The number of anilines is 1. The summed E-state index contributed by atoms with van der Waals surface area (Å²) < 4.78 is 28.5. The largest absolute Gasteiger partial charge is 0.354 e. The van der Waals surface area contributed by atoms with E-state index in [1.54, 1.807) is 49.4 Å². The number of amides is 2. The number of carbonyl (C=O) groups excluding carboxylic acids is 2. The van der Waals surface area contributed by atoms with Crippen molar-refractivity contribution in [2.24, 2.45) is 0 Å². The molecule has 11 heteroatoms. The van der Waals surface area contributed by atoms with Crippen molar-refractivity contribution in [3.05, 3.63) is 93.4 Å². The van der Waals surface area contributed by atoms with Crippen molar-refractivity contribution in [3.63, 3.8) is 0 Å². The fourth-order valence-corrected chi connectivity index (χ4v) is 6.03. The molecule has 0 fully saturated rings. The van der Waals surface area contributed by atoms with Gasteiger partial charge in [0.15, 0.2) is 0 Å². The van der Waals surface area contributed by atoms with Crippen LogP contribution in [0.3, 0.4) is 0 Å². The number of hydrogen-bond donors (Lipinski definition) is 1. The van der Waals surface area contributed by atoms with E-state index in [0.717, 1.165) is 17.1 Å². The minimum absolute atomic E-state index is 0.0133. The van der Waals surface area contributed by atoms with E-state index in [2.05, 4.69) is 5.32 Å². The first kappa shape index (κ1) is 30.8. The van der Waals surface area contributed by atoms with Crippen LogP contribution in [0, 0.1) is 0 Å². The zero-order chi connectivity index (χ0) is 28.6. The topological polar surface area (TPSA) is 86.8 Å². The van der Waals surface area contributed by atoms with Crippen LogP contribution in [0.4, 0.5) is 5.69 Å². The number of nitrogens with zero attached hydrogens (tertiary/aromatic N) is 2. The highest BCUT2D eigenvalue weighted by Crippen LogP contribution is 2.30. The number of rotatable bonds is 12. The monoisotopic (exact) mass is 609 g/mol. The van der Waals surface area contributed by atoms with Crippen LogP contribution in [0.15, 0.2) is 77.7 Å². The van der Waals surface area contributed by atoms with Crippen LogP contribution >= 0.6 is 34.8 Å². The molecule has 3 rings (SSSR count). The van der Waals surface area contributed by atoms with E-state index in [1.165, 1.54) is 35.2 Å². The van der Waals surface area contributed by atoms with Crippen LogP contribution in [-0.4, -0.2) is 44.3 Å². The van der Waals surface area contributed by atoms with Gasteiger partial charge in [-0.05, 0) is 61.4 Å². The van der Waals surface area contributed by atoms with Gasteiger partial charge in [0, 0.05) is 28.2 Å². The molecule has 0 radical (unpaired) electrons. The molecule has 1 atom stereocenters. The van der Waals surface area contributed by atoms with E-state index in [-0.39, 0.29) is 33.1 Å². The Kier molecular flexibility index (Phi) is 11.1. The molecule has 7 nitrogen and oxygen atoms in total. The van der Waals surface area contributed by atoms with Gasteiger partial charge in [0.1, 0.15) is 12.6 Å². The van der Waals surface area contributed by atoms with Crippen molar-refractivity contribution < 1.29 is 18.0 Å². The Morgan fingerprint density at radius 2 is 1.56 bits per heavy atom. The fourth-order valence-electron chi connectivity index (χ4n) is 3.88. The molecule has 3 aromatic rings. The summed E-state index contributed by atoms with van der Waals surface area (Å²) in [6, 6.07) is 18.1. The normalized spacial score (nSPS) is 12.0. The van der Waals surface area contributed by atoms with Crippen molar-refractivity contribution in [3.8, 4) is 0 Å². The second-order valence-corrected chi connectivity index (χ2v) is 12.1. The summed E-state index contributed by atoms with van der Waals surface area (Å²) in [5.41, 5.74) is 0.805. The van der Waals surface area contributed by atoms with Crippen molar-refractivity contribution in [1.82, 2.24) is 10.2 Å². The number of benzene rings is 3. The summed E-state index contributed by atoms with van der Waals surface area (Å²) in [7, 11) is -4.21. The zero-order valence-corrected chi connectivity index (χ0v) is 24.7. The van der Waals surface area contributed by atoms with E-state index < -0.39 is 28.5 Å². The average Bonchev–Trinajstić information content (AvgIpc) is 2.89. The van der Waals surface area contributed by atoms with Gasteiger partial charge in [-0.1, -0.05) is 78.5 Å². The lowest BCUT2D eigenvalue weighted by Gasteiger charge is -2.32. The average molecular weight is 611 g/mol. The SMILES string of the molecule is CCCCNC(=O)C(C)N(Cc1cccc(Cl)c1)C(=O)CN(c1cc(Cl)cc(Cl)c1)S(=O)(=O)c1ccccc1. The standard InChI is InChI=1S/C28H30Cl3N3O4S/c1-3-4-13-32-28(36)20(2)33(18-21-9-8-10-22(29)14-21)27(35)19-34(25-16-23(30)15-24(31)17-25)39(37,38)26-11-6-5-7-12-26/h5-12,14-17,20H,3-4,13,18-19H2,1-2H3,(H,32,36). The van der Waals surface area contributed by atoms with E-state index in [0.29, 0.717) is 17.1 Å². The second kappa shape index (κ2) is 14.0. The molecule has 0 aliphatic rings. The third-order valence-electron chi connectivity index (χ3n) is 5.98. The van der Waals surface area contributed by atoms with E-state index >= 15 is 0 Å². The smallest absolute Gasteiger partial charge is 0.264 e. The van der Waals surface area contributed by atoms with Gasteiger partial charge in [0.05, 0.1) is 10.6 Å². The van der Waals surface area contributed by atoms with Gasteiger partial charge in [-0.3, -0.25) is 13.9 Å². The molecule has 0 aliphatic heterocycles. The van der Waals surface area contributed by atoms with Crippen molar-refractivity contribution >= 4 is 62.3 Å². The predicted octanol–water partition coefficient (Wildman–Crippen LogP) is 6.18. The molecule has 1 unspecified atom stereocenters. The van der Waals surface area contributed by atoms with E-state index in [4.69, 9.17) is 34.8 Å². The van der Waals surface area contributed by atoms with Crippen molar-refractivity contribution in [1.29, 1.82) is 0 Å². The molecule has 0 heterocycles. The lowest BCUT2D eigenvalue weighted by atomic mass is 10.1. The predicted molar refractivity (Wildman–Crippen MR) is 157 cm³/mol. The minimum atomic E-state index is -4.21. The van der Waals surface area contributed by atoms with Crippen LogP contribution in [-0.2, 0) is 26.2 Å². The molecule has 2 amide bonds. The summed E-state index contributed by atoms with van der Waals surface area (Å²) in [5.74, 6) is -0.939. The van der Waals surface area contributed by atoms with Gasteiger partial charge in [-0.15, -0.1) is 0 Å². The minimum Gasteiger partial charge on any atom is -0.354 e. The Morgan fingerprint density at radius 1 is 0.897 bits per heavy atom. The molecular formula is C28H30Cl3N3O4S. The molecule has 0 spiro atoms. The van der Waals surface area contributed by atoms with E-state index in [9.17, 15) is 18.0 Å². The third-order valence-corrected chi connectivity index (χ3v) is 8.44. The van der Waals surface area contributed by atoms with Gasteiger partial charge in [-0.2, -0.15) is 0 Å². The second-order valence-electron chi connectivity index (χ2n) is 8.92. The summed E-state index contributed by atoms with van der Waals surface area (Å²) in [6.45, 7) is 3.52. The highest BCUT2D eigenvalue weighted by Gasteiger charge is 2.32. The van der Waals surface area contributed by atoms with Gasteiger partial charge < -0.3 is 10.2 Å². The van der Waals surface area contributed by atoms with Gasteiger partial charge >= 0.3 is 0 Å². The summed E-state index contributed by atoms with van der Waals surface area (Å²) in [5, 5.41) is 3.73. The van der Waals surface area contributed by atoms with Crippen LogP contribution < -0.4 is 9.62 Å². The molecular weight excluding hydrogens is 581 g/mol. The number of unbranched alkanes of at least 4 members (excludes halogenated alkanes) is 1. The Hall–Kier alpha value is -2.78. The first-order valence-corrected chi connectivity index (χ1v) is 15.0. The maximum absolute atomic E-state index is 13.9. The molecule has 1 N–H and O–H groups in total. The van der Waals surface area contributed by atoms with Crippen LogP contribution in [0.25, 0.3) is 0 Å². The van der Waals surface area contributed by atoms with Gasteiger partial charge in [-0.25, -0.2) is 8.42 Å². The molecule has 0 saturated heterocycles. The first-order chi connectivity index (χ1) is 18.5. The molecule has 0 bridgehead atoms. The van der Waals surface area contributed by atoms with Crippen molar-refractivity contribution in [2.75, 3.05) is 17.4 Å². The fraction of sp³-hybridized carbons (Fsp3) is 0.286. The molecule has 39 heavy (non-hydrogen) atoms. The number of nitrogens with one attached hydrogen (secondary N) is 1. The number of halogens is 3. The molecule has 0 saturated carbocycles. The third kappa shape index (κ3) is 8.35. The lowest BCUT2D eigenvalue weighted by Crippen LogP contribution is -2.51. The number of sulfonamides is 1. The molecule has 0 aliphatic carbocycles. The highest BCUT2D eigenvalue weighted by atomic mass is 35.5. The number of hydrogen-bond acceptors (Lipinski definition) is 4. The Labute approximate surface area is 244 Å². The van der Waals surface area contributed by atoms with E-state index in [1.807, 2.05) is 6.92 Å². The van der Waals surface area contributed by atoms with Gasteiger partial charge in [0.25, 0.3) is 10.0 Å².